The van der Waals surface area contributed by atoms with Crippen LogP contribution in [0.25, 0.3) is 6.08 Å². The lowest BCUT2D eigenvalue weighted by Gasteiger charge is -2.07. The van der Waals surface area contributed by atoms with Gasteiger partial charge in [0.15, 0.2) is 0 Å². The third kappa shape index (κ3) is 3.14. The molecule has 114 valence electrons. The molecule has 0 spiro atoms. The molecule has 1 aromatic carbocycles. The summed E-state index contributed by atoms with van der Waals surface area (Å²) in [6.45, 7) is 0.874. The maximum Gasteiger partial charge on any atom is 0.323 e. The Balaban J connectivity index is 2.33. The summed E-state index contributed by atoms with van der Waals surface area (Å²) in [5.41, 5.74) is 0.762. The van der Waals surface area contributed by atoms with Gasteiger partial charge in [0, 0.05) is 11.6 Å². The van der Waals surface area contributed by atoms with Gasteiger partial charge < -0.3 is 5.11 Å². The standard InChI is InChI=1S/C13H10N2O6S/c1-7-2-3-8(4-9(7)15(20)21)5-10-12(18)14(6-11(16)17)13(19)22-10/h2-5H,6H2,1H3,(H,16,17)/b10-5+. The molecule has 2 rings (SSSR count). The zero-order valence-electron chi connectivity index (χ0n) is 11.3. The minimum atomic E-state index is -1.30. The molecule has 0 saturated carbocycles. The Morgan fingerprint density at radius 2 is 2.14 bits per heavy atom. The van der Waals surface area contributed by atoms with Gasteiger partial charge in [0.25, 0.3) is 16.8 Å². The summed E-state index contributed by atoms with van der Waals surface area (Å²) in [5.74, 6) is -2.02. The number of nitro groups is 1. The van der Waals surface area contributed by atoms with Gasteiger partial charge in [0.1, 0.15) is 6.54 Å². The number of aliphatic carboxylic acids is 1. The number of nitro benzene ring substituents is 1. The van der Waals surface area contributed by atoms with E-state index in [1.807, 2.05) is 0 Å². The highest BCUT2D eigenvalue weighted by molar-refractivity contribution is 8.18. The van der Waals surface area contributed by atoms with Crippen molar-refractivity contribution in [3.05, 3.63) is 44.3 Å². The second-order valence-electron chi connectivity index (χ2n) is 4.46. The second kappa shape index (κ2) is 5.98. The monoisotopic (exact) mass is 322 g/mol. The van der Waals surface area contributed by atoms with Crippen molar-refractivity contribution in [1.82, 2.24) is 4.90 Å². The molecule has 0 radical (unpaired) electrons. The maximum absolute atomic E-state index is 12.0. The van der Waals surface area contributed by atoms with Crippen LogP contribution in [0.1, 0.15) is 11.1 Å². The third-order valence-corrected chi connectivity index (χ3v) is 3.80. The summed E-state index contributed by atoms with van der Waals surface area (Å²) in [6, 6.07) is 4.40. The van der Waals surface area contributed by atoms with Crippen molar-refractivity contribution in [2.45, 2.75) is 6.92 Å². The van der Waals surface area contributed by atoms with Gasteiger partial charge in [-0.2, -0.15) is 0 Å². The molecule has 1 aliphatic heterocycles. The number of nitrogens with zero attached hydrogens (tertiary/aromatic N) is 2. The van der Waals surface area contributed by atoms with Crippen molar-refractivity contribution in [1.29, 1.82) is 0 Å². The van der Waals surface area contributed by atoms with Crippen LogP contribution in [0.5, 0.6) is 0 Å². The molecule has 1 aliphatic rings. The molecule has 1 saturated heterocycles. The van der Waals surface area contributed by atoms with Crippen LogP contribution in [-0.4, -0.2) is 38.6 Å². The number of hydrogen-bond acceptors (Lipinski definition) is 6. The lowest BCUT2D eigenvalue weighted by molar-refractivity contribution is -0.385. The Morgan fingerprint density at radius 3 is 2.73 bits per heavy atom. The Kier molecular flexibility index (Phi) is 4.27. The predicted molar refractivity (Wildman–Crippen MR) is 78.1 cm³/mol. The van der Waals surface area contributed by atoms with E-state index in [0.717, 1.165) is 0 Å². The van der Waals surface area contributed by atoms with E-state index in [1.54, 1.807) is 13.0 Å². The van der Waals surface area contributed by atoms with E-state index < -0.39 is 28.6 Å². The van der Waals surface area contributed by atoms with Crippen LogP contribution >= 0.6 is 11.8 Å². The van der Waals surface area contributed by atoms with E-state index in [-0.39, 0.29) is 10.6 Å². The number of aryl methyl sites for hydroxylation is 1. The molecule has 22 heavy (non-hydrogen) atoms. The molecule has 8 nitrogen and oxygen atoms in total. The Hall–Kier alpha value is -2.68. The molecule has 0 bridgehead atoms. The lowest BCUT2D eigenvalue weighted by atomic mass is 10.1. The number of benzene rings is 1. The number of hydrogen-bond donors (Lipinski definition) is 1. The molecule has 9 heteroatoms. The average molecular weight is 322 g/mol. The zero-order valence-corrected chi connectivity index (χ0v) is 12.1. The maximum atomic E-state index is 12.0. The molecule has 1 fully saturated rings. The first-order chi connectivity index (χ1) is 10.3. The van der Waals surface area contributed by atoms with E-state index in [9.17, 15) is 24.5 Å². The zero-order chi connectivity index (χ0) is 16.4. The highest BCUT2D eigenvalue weighted by atomic mass is 32.2. The van der Waals surface area contributed by atoms with E-state index in [1.165, 1.54) is 18.2 Å². The van der Waals surface area contributed by atoms with Crippen molar-refractivity contribution in [3.63, 3.8) is 0 Å². The number of amides is 2. The van der Waals surface area contributed by atoms with E-state index in [2.05, 4.69) is 0 Å². The fourth-order valence-corrected chi connectivity index (χ4v) is 2.67. The van der Waals surface area contributed by atoms with Crippen LogP contribution in [0.15, 0.2) is 23.1 Å². The van der Waals surface area contributed by atoms with E-state index in [4.69, 9.17) is 5.11 Å². The van der Waals surface area contributed by atoms with Crippen LogP contribution in [0.3, 0.4) is 0 Å². The quantitative estimate of drug-likeness (QED) is 0.512. The first-order valence-corrected chi connectivity index (χ1v) is 6.83. The molecule has 0 unspecified atom stereocenters. The van der Waals surface area contributed by atoms with Gasteiger partial charge in [0.2, 0.25) is 0 Å². The van der Waals surface area contributed by atoms with Crippen LogP contribution in [0.2, 0.25) is 0 Å². The van der Waals surface area contributed by atoms with Crippen molar-refractivity contribution in [2.24, 2.45) is 0 Å². The summed E-state index contributed by atoms with van der Waals surface area (Å²) in [6.07, 6.45) is 1.33. The molecular formula is C13H10N2O6S. The number of carboxylic acid groups (broad SMARTS) is 1. The number of rotatable bonds is 4. The molecule has 1 aromatic rings. The highest BCUT2D eigenvalue weighted by Gasteiger charge is 2.36. The topological polar surface area (TPSA) is 118 Å². The second-order valence-corrected chi connectivity index (χ2v) is 5.46. The SMILES string of the molecule is Cc1ccc(/C=C2/SC(=O)N(CC(=O)O)C2=O)cc1[N+](=O)[O-]. The fraction of sp³-hybridized carbons (Fsp3) is 0.154. The first-order valence-electron chi connectivity index (χ1n) is 6.02. The predicted octanol–water partition coefficient (Wildman–Crippen LogP) is 2.02. The number of carbonyl (C=O) groups is 3. The lowest BCUT2D eigenvalue weighted by Crippen LogP contribution is -2.33. The van der Waals surface area contributed by atoms with Crippen LogP contribution < -0.4 is 0 Å². The van der Waals surface area contributed by atoms with E-state index in [0.29, 0.717) is 27.8 Å². The number of thioether (sulfide) groups is 1. The van der Waals surface area contributed by atoms with Crippen LogP contribution in [-0.2, 0) is 9.59 Å². The van der Waals surface area contributed by atoms with Crippen LogP contribution in [0, 0.1) is 17.0 Å². The molecule has 2 amide bonds. The molecule has 0 aromatic heterocycles. The first kappa shape index (κ1) is 15.7. The van der Waals surface area contributed by atoms with Gasteiger partial charge in [-0.05, 0) is 30.3 Å². The molecule has 0 aliphatic carbocycles. The fourth-order valence-electron chi connectivity index (χ4n) is 1.84. The minimum Gasteiger partial charge on any atom is -0.480 e. The van der Waals surface area contributed by atoms with E-state index >= 15 is 0 Å². The van der Waals surface area contributed by atoms with Crippen LogP contribution in [0.4, 0.5) is 10.5 Å². The minimum absolute atomic E-state index is 0.0319. The van der Waals surface area contributed by atoms with Gasteiger partial charge in [-0.1, -0.05) is 12.1 Å². The summed E-state index contributed by atoms with van der Waals surface area (Å²) in [7, 11) is 0. The summed E-state index contributed by atoms with van der Waals surface area (Å²) >= 11 is 0.602. The van der Waals surface area contributed by atoms with Crippen molar-refractivity contribution in [2.75, 3.05) is 6.54 Å². The largest absolute Gasteiger partial charge is 0.480 e. The number of imide groups is 1. The van der Waals surface area contributed by atoms with Crippen molar-refractivity contribution in [3.8, 4) is 0 Å². The Morgan fingerprint density at radius 1 is 1.45 bits per heavy atom. The summed E-state index contributed by atoms with van der Waals surface area (Å²) < 4.78 is 0. The van der Waals surface area contributed by atoms with Gasteiger partial charge in [-0.3, -0.25) is 29.4 Å². The normalized spacial score (nSPS) is 16.4. The van der Waals surface area contributed by atoms with Gasteiger partial charge in [0.05, 0.1) is 9.83 Å². The molecule has 0 atom stereocenters. The Labute approximate surface area is 128 Å². The summed E-state index contributed by atoms with van der Waals surface area (Å²) in [5, 5.41) is 18.9. The highest BCUT2D eigenvalue weighted by Crippen LogP contribution is 2.32. The van der Waals surface area contributed by atoms with Gasteiger partial charge in [-0.15, -0.1) is 0 Å². The van der Waals surface area contributed by atoms with Gasteiger partial charge >= 0.3 is 5.97 Å². The number of carbonyl (C=O) groups excluding carboxylic acids is 2. The molecule has 1 N–H and O–H groups in total. The Bertz CT molecular complexity index is 727. The average Bonchev–Trinajstić information content (AvgIpc) is 2.68. The molecular weight excluding hydrogens is 312 g/mol. The smallest absolute Gasteiger partial charge is 0.323 e. The molecule has 1 heterocycles. The number of carboxylic acids is 1. The third-order valence-electron chi connectivity index (χ3n) is 2.89. The van der Waals surface area contributed by atoms with Crippen molar-refractivity contribution < 1.29 is 24.4 Å². The van der Waals surface area contributed by atoms with Gasteiger partial charge in [-0.25, -0.2) is 0 Å². The summed E-state index contributed by atoms with van der Waals surface area (Å²) in [4.78, 5) is 45.2. The van der Waals surface area contributed by atoms with Crippen molar-refractivity contribution >= 4 is 40.6 Å².